The van der Waals surface area contributed by atoms with Gasteiger partial charge in [0.2, 0.25) is 23.6 Å². The normalized spacial score (nSPS) is 17.0. The molecule has 402 valence electrons. The average Bonchev–Trinajstić information content (AvgIpc) is 4.16. The predicted molar refractivity (Wildman–Crippen MR) is 289 cm³/mol. The van der Waals surface area contributed by atoms with Crippen LogP contribution in [0.4, 0.5) is 0 Å². The second-order valence-corrected chi connectivity index (χ2v) is 21.9. The number of carbonyl (C=O) groups excluding carboxylic acids is 4. The number of thiophene rings is 1. The Morgan fingerprint density at radius 1 is 0.882 bits per heavy atom. The molecule has 5 heterocycles. The smallest absolute Gasteiger partial charge is 0.246 e. The van der Waals surface area contributed by atoms with Crippen LogP contribution in [0.3, 0.4) is 0 Å². The van der Waals surface area contributed by atoms with E-state index >= 15 is 0 Å². The number of amides is 4. The number of aliphatic hydroxyl groups excluding tert-OH is 1. The van der Waals surface area contributed by atoms with Gasteiger partial charge in [0.15, 0.2) is 18.0 Å². The van der Waals surface area contributed by atoms with E-state index in [-0.39, 0.29) is 57.7 Å². The lowest BCUT2D eigenvalue weighted by atomic mass is 9.85. The van der Waals surface area contributed by atoms with E-state index in [0.29, 0.717) is 42.0 Å². The van der Waals surface area contributed by atoms with Crippen LogP contribution in [-0.4, -0.2) is 117 Å². The van der Waals surface area contributed by atoms with Gasteiger partial charge in [-0.3, -0.25) is 28.7 Å². The molecule has 1 fully saturated rings. The molecule has 0 saturated carbocycles. The number of hydrogen-bond acceptors (Lipinski definition) is 14. The third kappa shape index (κ3) is 13.2. The first-order valence-corrected chi connectivity index (χ1v) is 26.6. The van der Waals surface area contributed by atoms with Gasteiger partial charge in [0.1, 0.15) is 41.3 Å². The fraction of sp³-hybridized carbons (Fsp3) is 0.429. The lowest BCUT2D eigenvalue weighted by Crippen LogP contribution is -2.58. The van der Waals surface area contributed by atoms with Crippen molar-refractivity contribution in [3.63, 3.8) is 0 Å². The number of likely N-dealkylation sites (tertiary alicyclic amines) is 1. The van der Waals surface area contributed by atoms with Gasteiger partial charge in [-0.1, -0.05) is 80.9 Å². The Bertz CT molecular complexity index is 3040. The first-order chi connectivity index (χ1) is 36.4. The average molecular weight is 1080 g/mol. The summed E-state index contributed by atoms with van der Waals surface area (Å²) in [6, 6.07) is 19.9. The Morgan fingerprint density at radius 2 is 1.59 bits per heavy atom. The summed E-state index contributed by atoms with van der Waals surface area (Å²) in [7, 11) is 0. The molecule has 1 saturated heterocycles. The fourth-order valence-corrected chi connectivity index (χ4v) is 10.6. The summed E-state index contributed by atoms with van der Waals surface area (Å²) >= 11 is 7.93. The maximum atomic E-state index is 14.0. The zero-order chi connectivity index (χ0) is 54.3. The first kappa shape index (κ1) is 55.5. The fourth-order valence-electron chi connectivity index (χ4n) is 9.26. The topological polar surface area (TPSA) is 225 Å². The number of aliphatic imine (C=N–C) groups is 1. The number of benzene rings is 3. The number of nitrogens with zero attached hydrogens (tertiary/aromatic N) is 6. The van der Waals surface area contributed by atoms with E-state index in [1.807, 2.05) is 119 Å². The minimum Gasteiger partial charge on any atom is -0.494 e. The summed E-state index contributed by atoms with van der Waals surface area (Å²) in [5.41, 5.74) is 6.49. The van der Waals surface area contributed by atoms with Crippen LogP contribution in [0.1, 0.15) is 109 Å². The molecule has 0 bridgehead atoms. The summed E-state index contributed by atoms with van der Waals surface area (Å²) in [6.45, 7) is 16.4. The van der Waals surface area contributed by atoms with Gasteiger partial charge in [-0.2, -0.15) is 0 Å². The zero-order valence-corrected chi connectivity index (χ0v) is 45.7. The highest BCUT2D eigenvalue weighted by molar-refractivity contribution is 7.15. The number of rotatable bonds is 21. The van der Waals surface area contributed by atoms with Crippen LogP contribution in [0.2, 0.25) is 5.02 Å². The van der Waals surface area contributed by atoms with Crippen LogP contribution in [0, 0.1) is 33.1 Å². The molecular weight excluding hydrogens is 1010 g/mol. The van der Waals surface area contributed by atoms with E-state index in [0.717, 1.165) is 55.6 Å². The molecule has 3 aromatic carbocycles. The summed E-state index contributed by atoms with van der Waals surface area (Å²) in [5, 5.41) is 30.0. The van der Waals surface area contributed by atoms with E-state index in [1.165, 1.54) is 16.2 Å². The maximum absolute atomic E-state index is 14.0. The van der Waals surface area contributed by atoms with Crippen LogP contribution in [-0.2, 0) is 35.2 Å². The van der Waals surface area contributed by atoms with Crippen LogP contribution >= 0.6 is 22.9 Å². The molecule has 6 aromatic rings. The standard InChI is InChI=1S/C56H66ClN9O9S/c1-32-35(4)76-55-48(32)49(39-14-18-41(57)19-15-39)61-44(52-64-63-36(5)66(52)55)27-46(68)60-33(2)38-16-20-43(21-17-38)74-23-9-22-72-24-25-73-30-47(69)62-51(56(6,7)8)54(71)65-29-42(67)26-45(65)53(70)58-28-37-10-12-40(13-11-37)50-34(3)59-31-75-50/h10-21,31,33,42,44-45,51,67H,9,22-30H2,1-8H3,(H,58,70)(H,60,68)(H,62,69)/t33-,42-,44+,45+,51-/m1/s1. The molecule has 18 nitrogen and oxygen atoms in total. The Morgan fingerprint density at radius 3 is 2.29 bits per heavy atom. The Kier molecular flexibility index (Phi) is 17.9. The number of hydrogen-bond donors (Lipinski definition) is 4. The number of aryl methyl sites for hydroxylation is 3. The van der Waals surface area contributed by atoms with E-state index in [1.54, 1.807) is 11.3 Å². The highest BCUT2D eigenvalue weighted by atomic mass is 35.5. The molecule has 76 heavy (non-hydrogen) atoms. The monoisotopic (exact) mass is 1080 g/mol. The van der Waals surface area contributed by atoms with E-state index in [4.69, 9.17) is 35.2 Å². The molecule has 0 spiro atoms. The number of aliphatic hydroxyl groups is 1. The van der Waals surface area contributed by atoms with E-state index in [2.05, 4.69) is 45.0 Å². The first-order valence-electron chi connectivity index (χ1n) is 25.4. The van der Waals surface area contributed by atoms with E-state index in [9.17, 15) is 24.3 Å². The van der Waals surface area contributed by atoms with Gasteiger partial charge in [-0.25, -0.2) is 4.98 Å². The lowest BCUT2D eigenvalue weighted by molar-refractivity contribution is -0.144. The number of β-amino-alcohol motifs (C(OH)–C–C–N with tert-alkyl or cyclic N) is 1. The SMILES string of the molecule is Cc1ncoc1-c1ccc(CNC(=O)[C@@H]2C[C@@H](O)CN2C(=O)[C@@H](NC(=O)COCCOCCCOc2ccc([C@@H](C)NC(=O)C[C@@H]3N=C(c4ccc(Cl)cc4)c4c(sc(C)c4C)-n4c(C)nnc43)cc2)C(C)(C)C)cc1. The van der Waals surface area contributed by atoms with Crippen molar-refractivity contribution in [2.75, 3.05) is 39.6 Å². The van der Waals surface area contributed by atoms with Gasteiger partial charge in [0, 0.05) is 59.1 Å². The third-order valence-electron chi connectivity index (χ3n) is 13.5. The lowest BCUT2D eigenvalue weighted by Gasteiger charge is -2.35. The second kappa shape index (κ2) is 24.5. The van der Waals surface area contributed by atoms with E-state index < -0.39 is 47.4 Å². The largest absolute Gasteiger partial charge is 0.494 e. The number of carbonyl (C=O) groups is 4. The number of nitrogens with one attached hydrogen (secondary N) is 3. The molecule has 2 aliphatic rings. The van der Waals surface area contributed by atoms with Crippen molar-refractivity contribution in [1.29, 1.82) is 0 Å². The highest BCUT2D eigenvalue weighted by Crippen LogP contribution is 2.40. The molecule has 0 radical (unpaired) electrons. The molecule has 8 rings (SSSR count). The Balaban J connectivity index is 0.734. The van der Waals surface area contributed by atoms with Gasteiger partial charge in [-0.15, -0.1) is 21.5 Å². The minimum atomic E-state index is -0.985. The number of oxazole rings is 1. The summed E-state index contributed by atoms with van der Waals surface area (Å²) in [5.74, 6) is 1.16. The van der Waals surface area contributed by atoms with Gasteiger partial charge >= 0.3 is 0 Å². The molecule has 20 heteroatoms. The van der Waals surface area contributed by atoms with Crippen LogP contribution in [0.15, 0.2) is 88.6 Å². The van der Waals surface area contributed by atoms with Gasteiger partial charge in [0.05, 0.1) is 49.8 Å². The maximum Gasteiger partial charge on any atom is 0.246 e. The third-order valence-corrected chi connectivity index (χ3v) is 15.0. The molecule has 5 atom stereocenters. The number of ether oxygens (including phenoxy) is 3. The quantitative estimate of drug-likeness (QED) is 0.0511. The van der Waals surface area contributed by atoms with Gasteiger partial charge < -0.3 is 44.6 Å². The highest BCUT2D eigenvalue weighted by Gasteiger charge is 2.44. The number of halogens is 1. The Hall–Kier alpha value is -6.77. The van der Waals surface area contributed by atoms with Crippen LogP contribution in [0.25, 0.3) is 16.3 Å². The molecular formula is C56H66ClN9O9S. The molecule has 3 aromatic heterocycles. The van der Waals surface area contributed by atoms with Crippen molar-refractivity contribution in [2.45, 2.75) is 111 Å². The molecule has 0 aliphatic carbocycles. The number of aromatic nitrogens is 4. The summed E-state index contributed by atoms with van der Waals surface area (Å²) < 4.78 is 24.7. The molecule has 4 amide bonds. The van der Waals surface area contributed by atoms with Gasteiger partial charge in [-0.05, 0) is 81.0 Å². The predicted octanol–water partition coefficient (Wildman–Crippen LogP) is 7.64. The van der Waals surface area contributed by atoms with Crippen molar-refractivity contribution < 1.29 is 42.9 Å². The second-order valence-electron chi connectivity index (χ2n) is 20.3. The van der Waals surface area contributed by atoms with Crippen molar-refractivity contribution in [3.8, 4) is 22.1 Å². The summed E-state index contributed by atoms with van der Waals surface area (Å²) in [4.78, 5) is 66.1. The molecule has 2 aliphatic heterocycles. The molecule has 4 N–H and O–H groups in total. The van der Waals surface area contributed by atoms with Crippen molar-refractivity contribution in [2.24, 2.45) is 10.4 Å². The minimum absolute atomic E-state index is 0.0345. The summed E-state index contributed by atoms with van der Waals surface area (Å²) in [6.07, 6.45) is 1.26. The van der Waals surface area contributed by atoms with Crippen LogP contribution in [0.5, 0.6) is 5.75 Å². The Labute approximate surface area is 451 Å². The van der Waals surface area contributed by atoms with Crippen molar-refractivity contribution in [1.82, 2.24) is 40.6 Å². The van der Waals surface area contributed by atoms with Crippen LogP contribution < -0.4 is 20.7 Å². The van der Waals surface area contributed by atoms with Gasteiger partial charge in [0.25, 0.3) is 0 Å². The zero-order valence-electron chi connectivity index (χ0n) is 44.1. The van der Waals surface area contributed by atoms with Crippen molar-refractivity contribution >= 4 is 52.3 Å². The molecule has 0 unspecified atom stereocenters. The number of fused-ring (bicyclic) bond motifs is 3. The van der Waals surface area contributed by atoms with Crippen molar-refractivity contribution in [3.05, 3.63) is 134 Å².